The smallest absolute Gasteiger partial charge is 0.336 e. The van der Waals surface area contributed by atoms with E-state index in [1.165, 1.54) is 0 Å². The molecule has 0 radical (unpaired) electrons. The first-order valence-electron chi connectivity index (χ1n) is 5.14. The molecule has 0 atom stereocenters. The fraction of sp³-hybridized carbons (Fsp3) is 0.417. The molecule has 0 saturated carbocycles. The molecule has 0 fully saturated rings. The predicted octanol–water partition coefficient (Wildman–Crippen LogP) is 1.14. The minimum Gasteiger partial charge on any atom is -0.481 e. The molecule has 0 aromatic carbocycles. The summed E-state index contributed by atoms with van der Waals surface area (Å²) in [6.45, 7) is 10.5. The largest absolute Gasteiger partial charge is 0.481 e. The average Bonchev–Trinajstić information content (AvgIpc) is 2.16. The van der Waals surface area contributed by atoms with Crippen molar-refractivity contribution in [1.29, 1.82) is 0 Å². The molecule has 7 heteroatoms. The fourth-order valence-corrected chi connectivity index (χ4v) is 0.714. The van der Waals surface area contributed by atoms with E-state index in [9.17, 15) is 14.4 Å². The molecule has 0 amide bonds. The number of aliphatic carboxylic acids is 3. The Morgan fingerprint density at radius 1 is 0.947 bits per heavy atom. The first kappa shape index (κ1) is 22.1. The Kier molecular flexibility index (Phi) is 14.3. The first-order valence-corrected chi connectivity index (χ1v) is 5.14. The number of carboxylic acids is 3. The van der Waals surface area contributed by atoms with Crippen LogP contribution < -0.4 is 0 Å². The number of carbonyl (C=O) groups is 3. The summed E-state index contributed by atoms with van der Waals surface area (Å²) in [7, 11) is 0. The molecule has 0 aromatic heterocycles. The monoisotopic (exact) mass is 276 g/mol. The van der Waals surface area contributed by atoms with Crippen molar-refractivity contribution in [3.63, 3.8) is 0 Å². The summed E-state index contributed by atoms with van der Waals surface area (Å²) >= 11 is 0. The van der Waals surface area contributed by atoms with Crippen molar-refractivity contribution in [1.82, 2.24) is 0 Å². The van der Waals surface area contributed by atoms with E-state index in [1.54, 1.807) is 12.2 Å². The number of carboxylic acid groups (broad SMARTS) is 3. The van der Waals surface area contributed by atoms with Crippen molar-refractivity contribution in [2.24, 2.45) is 0 Å². The zero-order chi connectivity index (χ0) is 16.1. The zero-order valence-electron chi connectivity index (χ0n) is 11.0. The van der Waals surface area contributed by atoms with Crippen LogP contribution in [0.15, 0.2) is 25.3 Å². The molecule has 0 bridgehead atoms. The Morgan fingerprint density at radius 3 is 1.26 bits per heavy atom. The Hall–Kier alpha value is -2.15. The van der Waals surface area contributed by atoms with Crippen LogP contribution in [-0.2, 0) is 14.4 Å². The van der Waals surface area contributed by atoms with E-state index in [0.29, 0.717) is 0 Å². The Bertz CT molecular complexity index is 298. The summed E-state index contributed by atoms with van der Waals surface area (Å²) in [5.74, 6) is -5.02. The quantitative estimate of drug-likeness (QED) is 0.553. The van der Waals surface area contributed by atoms with Crippen molar-refractivity contribution < 1.29 is 34.8 Å². The van der Waals surface area contributed by atoms with Gasteiger partial charge < -0.3 is 20.4 Å². The number of hydrogen-bond donors (Lipinski definition) is 4. The van der Waals surface area contributed by atoms with E-state index in [-0.39, 0.29) is 0 Å². The van der Waals surface area contributed by atoms with E-state index in [2.05, 4.69) is 13.2 Å². The topological polar surface area (TPSA) is 132 Å². The van der Waals surface area contributed by atoms with Gasteiger partial charge in [-0.15, -0.1) is 13.2 Å². The highest BCUT2D eigenvalue weighted by Crippen LogP contribution is 2.15. The van der Waals surface area contributed by atoms with Gasteiger partial charge in [-0.25, -0.2) is 4.79 Å². The van der Waals surface area contributed by atoms with E-state index in [1.807, 2.05) is 13.8 Å². The SMILES string of the molecule is C=CC.C=CC.O=C(O)CC(O)(CC(=O)O)C(=O)O. The lowest BCUT2D eigenvalue weighted by atomic mass is 9.96. The maximum absolute atomic E-state index is 10.3. The number of aliphatic hydroxyl groups is 1. The van der Waals surface area contributed by atoms with Gasteiger partial charge in [-0.2, -0.15) is 0 Å². The lowest BCUT2D eigenvalue weighted by Gasteiger charge is -2.18. The number of allylic oxidation sites excluding steroid dienone is 2. The van der Waals surface area contributed by atoms with Gasteiger partial charge in [0.15, 0.2) is 5.60 Å². The molecule has 7 nitrogen and oxygen atoms in total. The number of hydrogen-bond acceptors (Lipinski definition) is 4. The summed E-state index contributed by atoms with van der Waals surface area (Å²) in [6, 6.07) is 0. The van der Waals surface area contributed by atoms with Crippen LogP contribution in [0, 0.1) is 0 Å². The third kappa shape index (κ3) is 15.9. The van der Waals surface area contributed by atoms with Gasteiger partial charge in [0.05, 0.1) is 12.8 Å². The van der Waals surface area contributed by atoms with Crippen molar-refractivity contribution in [2.75, 3.05) is 0 Å². The standard InChI is InChI=1S/C6H8O7.2C3H6/c7-3(8)1-6(13,5(11)12)2-4(9)10;2*1-3-2/h13H,1-2H2,(H,7,8)(H,9,10)(H,11,12);2*3H,1H2,2H3. The lowest BCUT2D eigenvalue weighted by molar-refractivity contribution is -0.170. The molecule has 0 aliphatic rings. The molecule has 0 rings (SSSR count). The molecule has 0 aliphatic carbocycles. The van der Waals surface area contributed by atoms with Gasteiger partial charge >= 0.3 is 17.9 Å². The highest BCUT2D eigenvalue weighted by Gasteiger charge is 2.40. The zero-order valence-corrected chi connectivity index (χ0v) is 11.0. The normalized spacial score (nSPS) is 8.79. The van der Waals surface area contributed by atoms with E-state index >= 15 is 0 Å². The maximum Gasteiger partial charge on any atom is 0.336 e. The fourth-order valence-electron chi connectivity index (χ4n) is 0.714. The second-order valence-electron chi connectivity index (χ2n) is 3.29. The molecule has 19 heavy (non-hydrogen) atoms. The van der Waals surface area contributed by atoms with Gasteiger partial charge in [0, 0.05) is 0 Å². The van der Waals surface area contributed by atoms with Gasteiger partial charge in [0.1, 0.15) is 0 Å². The van der Waals surface area contributed by atoms with Crippen LogP contribution in [0.5, 0.6) is 0 Å². The molecule has 0 saturated heterocycles. The molecular weight excluding hydrogens is 256 g/mol. The molecule has 4 N–H and O–H groups in total. The van der Waals surface area contributed by atoms with E-state index in [0.717, 1.165) is 0 Å². The van der Waals surface area contributed by atoms with Crippen LogP contribution in [-0.4, -0.2) is 43.9 Å². The van der Waals surface area contributed by atoms with Gasteiger partial charge in [0.2, 0.25) is 0 Å². The summed E-state index contributed by atoms with van der Waals surface area (Å²) in [5, 5.41) is 33.8. The summed E-state index contributed by atoms with van der Waals surface area (Å²) in [4.78, 5) is 30.5. The van der Waals surface area contributed by atoms with Crippen molar-refractivity contribution in [3.05, 3.63) is 25.3 Å². The molecule has 0 aromatic rings. The minimum atomic E-state index is -2.74. The second-order valence-corrected chi connectivity index (χ2v) is 3.29. The molecule has 0 aliphatic heterocycles. The van der Waals surface area contributed by atoms with Crippen LogP contribution >= 0.6 is 0 Å². The minimum absolute atomic E-state index is 1.14. The summed E-state index contributed by atoms with van der Waals surface area (Å²) < 4.78 is 0. The predicted molar refractivity (Wildman–Crippen MR) is 68.8 cm³/mol. The third-order valence-electron chi connectivity index (χ3n) is 1.29. The summed E-state index contributed by atoms with van der Waals surface area (Å²) in [6.07, 6.45) is 1.21. The second kappa shape index (κ2) is 12.3. The highest BCUT2D eigenvalue weighted by molar-refractivity contribution is 5.88. The van der Waals surface area contributed by atoms with Gasteiger partial charge in [-0.05, 0) is 13.8 Å². The van der Waals surface area contributed by atoms with Crippen LogP contribution in [0.1, 0.15) is 26.7 Å². The van der Waals surface area contributed by atoms with Crippen LogP contribution in [0.4, 0.5) is 0 Å². The Balaban J connectivity index is -0.000000360. The number of rotatable bonds is 5. The summed E-state index contributed by atoms with van der Waals surface area (Å²) in [5.41, 5.74) is -2.74. The van der Waals surface area contributed by atoms with Crippen LogP contribution in [0.3, 0.4) is 0 Å². The van der Waals surface area contributed by atoms with Crippen molar-refractivity contribution in [3.8, 4) is 0 Å². The average molecular weight is 276 g/mol. The van der Waals surface area contributed by atoms with Gasteiger partial charge in [-0.1, -0.05) is 12.2 Å². The maximum atomic E-state index is 10.3. The van der Waals surface area contributed by atoms with Crippen molar-refractivity contribution >= 4 is 17.9 Å². The van der Waals surface area contributed by atoms with Crippen molar-refractivity contribution in [2.45, 2.75) is 32.3 Å². The lowest BCUT2D eigenvalue weighted by Crippen LogP contribution is -2.42. The Labute approximate surface area is 111 Å². The molecule has 0 unspecified atom stereocenters. The highest BCUT2D eigenvalue weighted by atomic mass is 16.4. The molecule has 0 heterocycles. The van der Waals surface area contributed by atoms with Crippen LogP contribution in [0.25, 0.3) is 0 Å². The van der Waals surface area contributed by atoms with E-state index in [4.69, 9.17) is 20.4 Å². The first-order chi connectivity index (χ1) is 8.60. The van der Waals surface area contributed by atoms with Gasteiger partial charge in [-0.3, -0.25) is 9.59 Å². The van der Waals surface area contributed by atoms with Gasteiger partial charge in [0.25, 0.3) is 0 Å². The Morgan fingerprint density at radius 2 is 1.16 bits per heavy atom. The van der Waals surface area contributed by atoms with Crippen LogP contribution in [0.2, 0.25) is 0 Å². The molecule has 110 valence electrons. The molecule has 0 spiro atoms. The van der Waals surface area contributed by atoms with E-state index < -0.39 is 36.4 Å². The third-order valence-corrected chi connectivity index (χ3v) is 1.29. The molecular formula is C12H20O7.